The Labute approximate surface area is 153 Å². The standard InChI is InChI=1S/C18H18F3NOS2/c1-17(2,3)25(23)16(22)13-9-8-11(18(19,20)21)10-14(13)12-6-4-5-7-15(12)24/h4-10,22,24H,1-3H3. The van der Waals surface area contributed by atoms with Crippen molar-refractivity contribution in [1.82, 2.24) is 0 Å². The first-order valence-electron chi connectivity index (χ1n) is 7.43. The normalized spacial score (nSPS) is 13.6. The van der Waals surface area contributed by atoms with E-state index in [1.807, 2.05) is 0 Å². The Morgan fingerprint density at radius 1 is 1.04 bits per heavy atom. The predicted molar refractivity (Wildman–Crippen MR) is 98.9 cm³/mol. The molecule has 2 aromatic carbocycles. The molecule has 0 bridgehead atoms. The lowest BCUT2D eigenvalue weighted by atomic mass is 9.97. The highest BCUT2D eigenvalue weighted by Gasteiger charge is 2.35. The van der Waals surface area contributed by atoms with Crippen molar-refractivity contribution in [3.05, 3.63) is 53.6 Å². The van der Waals surface area contributed by atoms with Gasteiger partial charge < -0.3 is 4.55 Å². The Morgan fingerprint density at radius 3 is 2.16 bits per heavy atom. The Bertz CT molecular complexity index is 798. The van der Waals surface area contributed by atoms with Crippen LogP contribution in [-0.2, 0) is 17.4 Å². The topological polar surface area (TPSA) is 46.9 Å². The van der Waals surface area contributed by atoms with Crippen molar-refractivity contribution in [3.63, 3.8) is 0 Å². The van der Waals surface area contributed by atoms with Crippen molar-refractivity contribution in [1.29, 1.82) is 5.41 Å². The van der Waals surface area contributed by atoms with Gasteiger partial charge in [0.2, 0.25) is 5.04 Å². The summed E-state index contributed by atoms with van der Waals surface area (Å²) >= 11 is 2.64. The van der Waals surface area contributed by atoms with Gasteiger partial charge in [0.05, 0.1) is 11.1 Å². The van der Waals surface area contributed by atoms with Crippen molar-refractivity contribution < 1.29 is 17.7 Å². The summed E-state index contributed by atoms with van der Waals surface area (Å²) in [6.07, 6.45) is -4.51. The fourth-order valence-electron chi connectivity index (χ4n) is 2.25. The molecule has 0 saturated carbocycles. The molecule has 25 heavy (non-hydrogen) atoms. The van der Waals surface area contributed by atoms with Crippen molar-refractivity contribution in [3.8, 4) is 11.1 Å². The molecule has 2 nitrogen and oxygen atoms in total. The maximum Gasteiger partial charge on any atom is 0.416 e. The smallest absolute Gasteiger partial charge is 0.416 e. The van der Waals surface area contributed by atoms with Gasteiger partial charge in [0, 0.05) is 16.1 Å². The average Bonchev–Trinajstić information content (AvgIpc) is 2.51. The second-order valence-corrected chi connectivity index (χ2v) is 9.14. The molecule has 0 spiro atoms. The number of alkyl halides is 3. The Balaban J connectivity index is 2.69. The molecule has 0 radical (unpaired) electrons. The van der Waals surface area contributed by atoms with E-state index in [1.165, 1.54) is 6.07 Å². The first kappa shape index (κ1) is 19.9. The molecule has 7 heteroatoms. The summed E-state index contributed by atoms with van der Waals surface area (Å²) in [7, 11) is 0. The van der Waals surface area contributed by atoms with E-state index in [-0.39, 0.29) is 16.2 Å². The lowest BCUT2D eigenvalue weighted by molar-refractivity contribution is -0.137. The van der Waals surface area contributed by atoms with Gasteiger partial charge in [0.15, 0.2) is 0 Å². The SMILES string of the molecule is CC(C)(C)[S+]([O-])C(=N)c1ccc(C(F)(F)F)cc1-c1ccccc1S. The number of rotatable bonds is 2. The van der Waals surface area contributed by atoms with Gasteiger partial charge in [-0.25, -0.2) is 0 Å². The molecule has 1 atom stereocenters. The van der Waals surface area contributed by atoms with E-state index in [0.717, 1.165) is 12.1 Å². The molecule has 0 fully saturated rings. The minimum Gasteiger partial charge on any atom is -0.610 e. The monoisotopic (exact) mass is 385 g/mol. The van der Waals surface area contributed by atoms with E-state index in [0.29, 0.717) is 10.5 Å². The Morgan fingerprint density at radius 2 is 1.64 bits per heavy atom. The number of benzene rings is 2. The maximum absolute atomic E-state index is 13.1. The van der Waals surface area contributed by atoms with Gasteiger partial charge in [-0.15, -0.1) is 12.6 Å². The molecule has 0 saturated heterocycles. The number of hydrogen-bond acceptors (Lipinski definition) is 3. The summed E-state index contributed by atoms with van der Waals surface area (Å²) in [5.41, 5.74) is 0.0468. The van der Waals surface area contributed by atoms with Gasteiger partial charge >= 0.3 is 6.18 Å². The largest absolute Gasteiger partial charge is 0.610 e. The van der Waals surface area contributed by atoms with Crippen LogP contribution in [0, 0.1) is 5.41 Å². The van der Waals surface area contributed by atoms with Crippen molar-refractivity contribution in [2.24, 2.45) is 0 Å². The number of thiol groups is 1. The van der Waals surface area contributed by atoms with Crippen LogP contribution in [0.25, 0.3) is 11.1 Å². The molecule has 2 aromatic rings. The Kier molecular flexibility index (Phi) is 5.61. The molecule has 0 amide bonds. The summed E-state index contributed by atoms with van der Waals surface area (Å²) in [5.74, 6) is 0. The molecule has 134 valence electrons. The van der Waals surface area contributed by atoms with Crippen LogP contribution < -0.4 is 0 Å². The van der Waals surface area contributed by atoms with Gasteiger partial charge in [-0.3, -0.25) is 5.41 Å². The summed E-state index contributed by atoms with van der Waals surface area (Å²) < 4.78 is 51.3. The minimum absolute atomic E-state index is 0.197. The van der Waals surface area contributed by atoms with E-state index in [1.54, 1.807) is 45.0 Å². The molecule has 0 aromatic heterocycles. The zero-order valence-electron chi connectivity index (χ0n) is 13.9. The highest BCUT2D eigenvalue weighted by Crippen LogP contribution is 2.37. The number of nitrogens with one attached hydrogen (secondary N) is 1. The fourth-order valence-corrected chi connectivity index (χ4v) is 3.52. The second kappa shape index (κ2) is 7.05. The summed E-state index contributed by atoms with van der Waals surface area (Å²) in [6.45, 7) is 5.15. The lowest BCUT2D eigenvalue weighted by Crippen LogP contribution is -2.34. The van der Waals surface area contributed by atoms with Crippen LogP contribution in [0.4, 0.5) is 13.2 Å². The van der Waals surface area contributed by atoms with Crippen molar-refractivity contribution >= 4 is 28.8 Å². The molecule has 2 rings (SSSR count). The average molecular weight is 385 g/mol. The van der Waals surface area contributed by atoms with Crippen LogP contribution >= 0.6 is 12.6 Å². The third-order valence-electron chi connectivity index (χ3n) is 3.53. The summed E-state index contributed by atoms with van der Waals surface area (Å²) in [5, 5.41) is 8.07. The van der Waals surface area contributed by atoms with E-state index >= 15 is 0 Å². The summed E-state index contributed by atoms with van der Waals surface area (Å²) in [4.78, 5) is 0.484. The molecular weight excluding hydrogens is 367 g/mol. The molecule has 1 unspecified atom stereocenters. The number of hydrogen-bond donors (Lipinski definition) is 2. The third kappa shape index (κ3) is 4.40. The maximum atomic E-state index is 13.1. The highest BCUT2D eigenvalue weighted by molar-refractivity contribution is 8.07. The van der Waals surface area contributed by atoms with Crippen LogP contribution in [0.15, 0.2) is 47.4 Å². The van der Waals surface area contributed by atoms with Gasteiger partial charge in [-0.2, -0.15) is 13.2 Å². The minimum atomic E-state index is -4.51. The molecule has 0 aliphatic rings. The molecule has 0 aliphatic carbocycles. The number of halogens is 3. The van der Waals surface area contributed by atoms with Crippen LogP contribution in [0.1, 0.15) is 31.9 Å². The van der Waals surface area contributed by atoms with Crippen LogP contribution in [0.5, 0.6) is 0 Å². The van der Waals surface area contributed by atoms with E-state index in [9.17, 15) is 17.7 Å². The second-order valence-electron chi connectivity index (χ2n) is 6.49. The fraction of sp³-hybridized carbons (Fsp3) is 0.278. The van der Waals surface area contributed by atoms with Gasteiger partial charge in [0.1, 0.15) is 4.75 Å². The van der Waals surface area contributed by atoms with E-state index < -0.39 is 27.7 Å². The molecular formula is C18H18F3NOS2. The Hall–Kier alpha value is -1.44. The van der Waals surface area contributed by atoms with E-state index in [4.69, 9.17) is 5.41 Å². The zero-order valence-corrected chi connectivity index (χ0v) is 15.6. The third-order valence-corrected chi connectivity index (χ3v) is 5.62. The molecule has 1 N–H and O–H groups in total. The lowest BCUT2D eigenvalue weighted by Gasteiger charge is -2.25. The summed E-state index contributed by atoms with van der Waals surface area (Å²) in [6, 6.07) is 9.81. The first-order chi connectivity index (χ1) is 11.4. The molecule has 0 aliphatic heterocycles. The first-order valence-corrected chi connectivity index (χ1v) is 9.03. The predicted octanol–water partition coefficient (Wildman–Crippen LogP) is 5.53. The van der Waals surface area contributed by atoms with Gasteiger partial charge in [-0.05, 0) is 56.2 Å². The van der Waals surface area contributed by atoms with Crippen LogP contribution in [0.3, 0.4) is 0 Å². The quantitative estimate of drug-likeness (QED) is 0.303. The van der Waals surface area contributed by atoms with Gasteiger partial charge in [0.25, 0.3) is 0 Å². The van der Waals surface area contributed by atoms with Crippen molar-refractivity contribution in [2.45, 2.75) is 36.6 Å². The van der Waals surface area contributed by atoms with Crippen LogP contribution in [0.2, 0.25) is 0 Å². The van der Waals surface area contributed by atoms with Crippen LogP contribution in [-0.4, -0.2) is 14.3 Å². The zero-order chi connectivity index (χ0) is 19.0. The molecule has 0 heterocycles. The highest BCUT2D eigenvalue weighted by atomic mass is 32.2. The van der Waals surface area contributed by atoms with Crippen molar-refractivity contribution in [2.75, 3.05) is 0 Å². The van der Waals surface area contributed by atoms with E-state index in [2.05, 4.69) is 12.6 Å². The van der Waals surface area contributed by atoms with Gasteiger partial charge in [-0.1, -0.05) is 18.2 Å².